The van der Waals surface area contributed by atoms with E-state index < -0.39 is 34.4 Å². The topological polar surface area (TPSA) is 138 Å². The summed E-state index contributed by atoms with van der Waals surface area (Å²) in [5, 5.41) is 31.1. The molecule has 0 aliphatic carbocycles. The zero-order valence-electron chi connectivity index (χ0n) is 17.4. The molecular formula is C23H21ClN2O7. The Morgan fingerprint density at radius 1 is 1.00 bits per heavy atom. The van der Waals surface area contributed by atoms with Crippen molar-refractivity contribution in [2.45, 2.75) is 31.7 Å². The molecule has 0 spiro atoms. The number of nitro benzene ring substituents is 1. The summed E-state index contributed by atoms with van der Waals surface area (Å²) in [6.07, 6.45) is 1.47. The van der Waals surface area contributed by atoms with E-state index in [2.05, 4.69) is 0 Å². The molecule has 10 heteroatoms. The van der Waals surface area contributed by atoms with Crippen LogP contribution in [0.2, 0.25) is 5.02 Å². The van der Waals surface area contributed by atoms with Crippen molar-refractivity contribution in [3.05, 3.63) is 80.4 Å². The van der Waals surface area contributed by atoms with Crippen LogP contribution in [0.15, 0.2) is 54.1 Å². The van der Waals surface area contributed by atoms with Crippen molar-refractivity contribution in [2.24, 2.45) is 0 Å². The standard InChI is InChI=1S/C23H21ClN2O7/c24-16-9-5-14(6-10-16)20-19(21(29)15-7-11-17(12-8-15)26(32)33)22(30)23(31)25(20)13-3-1-2-4-18(27)28/h5-12,20,29H,1-4,13H2,(H,27,28)/t20-/m0/s1. The van der Waals surface area contributed by atoms with Crippen LogP contribution in [0.1, 0.15) is 42.9 Å². The summed E-state index contributed by atoms with van der Waals surface area (Å²) < 4.78 is 0. The highest BCUT2D eigenvalue weighted by atomic mass is 35.5. The van der Waals surface area contributed by atoms with Crippen molar-refractivity contribution >= 4 is 40.7 Å². The molecule has 1 aliphatic heterocycles. The molecule has 0 aromatic heterocycles. The predicted octanol–water partition coefficient (Wildman–Crippen LogP) is 4.31. The van der Waals surface area contributed by atoms with Gasteiger partial charge in [0.05, 0.1) is 16.5 Å². The van der Waals surface area contributed by atoms with Gasteiger partial charge in [-0.3, -0.25) is 24.5 Å². The Balaban J connectivity index is 1.97. The Morgan fingerprint density at radius 3 is 2.21 bits per heavy atom. The number of Topliss-reactive ketones (excluding diaryl/α,β-unsaturated/α-hetero) is 1. The number of halogens is 1. The van der Waals surface area contributed by atoms with Gasteiger partial charge < -0.3 is 15.1 Å². The Hall–Kier alpha value is -3.72. The fourth-order valence-corrected chi connectivity index (χ4v) is 3.86. The van der Waals surface area contributed by atoms with Gasteiger partial charge in [0.2, 0.25) is 0 Å². The highest BCUT2D eigenvalue weighted by Gasteiger charge is 2.45. The molecule has 172 valence electrons. The molecule has 9 nitrogen and oxygen atoms in total. The summed E-state index contributed by atoms with van der Waals surface area (Å²) in [5.74, 6) is -2.98. The first-order valence-electron chi connectivity index (χ1n) is 10.2. The van der Waals surface area contributed by atoms with Gasteiger partial charge in [0.15, 0.2) is 0 Å². The maximum Gasteiger partial charge on any atom is 0.303 e. The summed E-state index contributed by atoms with van der Waals surface area (Å²) in [6.45, 7) is 0.189. The van der Waals surface area contributed by atoms with E-state index in [0.29, 0.717) is 29.8 Å². The molecule has 1 amide bonds. The molecule has 1 aliphatic rings. The van der Waals surface area contributed by atoms with E-state index >= 15 is 0 Å². The maximum absolute atomic E-state index is 12.9. The van der Waals surface area contributed by atoms with Crippen LogP contribution < -0.4 is 0 Å². The van der Waals surface area contributed by atoms with Gasteiger partial charge in [0.1, 0.15) is 5.76 Å². The van der Waals surface area contributed by atoms with E-state index in [0.717, 1.165) is 0 Å². The first-order valence-corrected chi connectivity index (χ1v) is 10.6. The summed E-state index contributed by atoms with van der Waals surface area (Å²) >= 11 is 5.98. The summed E-state index contributed by atoms with van der Waals surface area (Å²) in [4.78, 5) is 48.1. The van der Waals surface area contributed by atoms with Crippen LogP contribution in [0.3, 0.4) is 0 Å². The normalized spacial score (nSPS) is 17.4. The number of aliphatic hydroxyl groups is 1. The lowest BCUT2D eigenvalue weighted by Crippen LogP contribution is -2.30. The maximum atomic E-state index is 12.9. The lowest BCUT2D eigenvalue weighted by atomic mass is 9.95. The van der Waals surface area contributed by atoms with Crippen molar-refractivity contribution in [3.8, 4) is 0 Å². The molecule has 3 rings (SSSR count). The van der Waals surface area contributed by atoms with Crippen molar-refractivity contribution < 1.29 is 29.5 Å². The van der Waals surface area contributed by atoms with Gasteiger partial charge >= 0.3 is 5.97 Å². The first-order chi connectivity index (χ1) is 15.7. The number of nitrogens with zero attached hydrogens (tertiary/aromatic N) is 2. The van der Waals surface area contributed by atoms with E-state index in [1.165, 1.54) is 29.2 Å². The van der Waals surface area contributed by atoms with Crippen LogP contribution in [0.5, 0.6) is 0 Å². The third-order valence-electron chi connectivity index (χ3n) is 5.37. The number of benzene rings is 2. The quantitative estimate of drug-likeness (QED) is 0.138. The molecule has 2 aromatic rings. The molecule has 1 atom stereocenters. The SMILES string of the molecule is O=C(O)CCCCCN1C(=O)C(=O)C(=C(O)c2ccc([N+](=O)[O-])cc2)[C@@H]1c1ccc(Cl)cc1. The number of carboxylic acid groups (broad SMARTS) is 1. The van der Waals surface area contributed by atoms with Crippen molar-refractivity contribution in [1.29, 1.82) is 0 Å². The number of rotatable bonds is 9. The number of unbranched alkanes of at least 4 members (excludes halogenated alkanes) is 2. The fraction of sp³-hybridized carbons (Fsp3) is 0.261. The monoisotopic (exact) mass is 472 g/mol. The molecule has 0 saturated carbocycles. The van der Waals surface area contributed by atoms with Crippen LogP contribution in [0.4, 0.5) is 5.69 Å². The highest BCUT2D eigenvalue weighted by Crippen LogP contribution is 2.40. The van der Waals surface area contributed by atoms with E-state index in [4.69, 9.17) is 16.7 Å². The van der Waals surface area contributed by atoms with Gasteiger partial charge in [-0.05, 0) is 42.7 Å². The highest BCUT2D eigenvalue weighted by molar-refractivity contribution is 6.46. The largest absolute Gasteiger partial charge is 0.507 e. The van der Waals surface area contributed by atoms with Gasteiger partial charge in [-0.1, -0.05) is 30.2 Å². The van der Waals surface area contributed by atoms with Gasteiger partial charge in [-0.15, -0.1) is 0 Å². The van der Waals surface area contributed by atoms with Gasteiger partial charge in [-0.25, -0.2) is 0 Å². The predicted molar refractivity (Wildman–Crippen MR) is 120 cm³/mol. The molecule has 0 bridgehead atoms. The molecule has 2 aromatic carbocycles. The molecule has 33 heavy (non-hydrogen) atoms. The van der Waals surface area contributed by atoms with Crippen LogP contribution in [-0.4, -0.2) is 44.2 Å². The first kappa shape index (κ1) is 23.9. The number of ketones is 1. The Kier molecular flexibility index (Phi) is 7.44. The molecule has 1 saturated heterocycles. The number of hydrogen-bond acceptors (Lipinski definition) is 6. The summed E-state index contributed by atoms with van der Waals surface area (Å²) in [7, 11) is 0. The van der Waals surface area contributed by atoms with Gasteiger partial charge in [0.25, 0.3) is 17.4 Å². The Labute approximate surface area is 194 Å². The second-order valence-corrected chi connectivity index (χ2v) is 7.99. The minimum Gasteiger partial charge on any atom is -0.507 e. The van der Waals surface area contributed by atoms with E-state index in [-0.39, 0.29) is 29.8 Å². The second kappa shape index (κ2) is 10.3. The van der Waals surface area contributed by atoms with E-state index in [1.54, 1.807) is 24.3 Å². The van der Waals surface area contributed by atoms with Gasteiger partial charge in [-0.2, -0.15) is 0 Å². The minimum atomic E-state index is -0.903. The number of carbonyl (C=O) groups excluding carboxylic acids is 2. The average molecular weight is 473 g/mol. The van der Waals surface area contributed by atoms with Crippen LogP contribution in [-0.2, 0) is 14.4 Å². The Bertz CT molecular complexity index is 1110. The molecule has 0 unspecified atom stereocenters. The lowest BCUT2D eigenvalue weighted by Gasteiger charge is -2.25. The number of carboxylic acids is 1. The van der Waals surface area contributed by atoms with Crippen molar-refractivity contribution in [1.82, 2.24) is 4.90 Å². The second-order valence-electron chi connectivity index (χ2n) is 7.55. The summed E-state index contributed by atoms with van der Waals surface area (Å²) in [5.41, 5.74) is 0.427. The number of nitro groups is 1. The minimum absolute atomic E-state index is 0.0135. The lowest BCUT2D eigenvalue weighted by molar-refractivity contribution is -0.384. The number of aliphatic carboxylic acids is 1. The molecular weight excluding hydrogens is 452 g/mol. The number of hydrogen-bond donors (Lipinski definition) is 2. The molecule has 0 radical (unpaired) electrons. The molecule has 1 fully saturated rings. The fourth-order valence-electron chi connectivity index (χ4n) is 3.73. The Morgan fingerprint density at radius 2 is 1.64 bits per heavy atom. The number of non-ortho nitro benzene ring substituents is 1. The van der Waals surface area contributed by atoms with Crippen LogP contribution in [0, 0.1) is 10.1 Å². The van der Waals surface area contributed by atoms with Crippen LogP contribution >= 0.6 is 11.6 Å². The number of carbonyl (C=O) groups is 3. The zero-order valence-corrected chi connectivity index (χ0v) is 18.2. The summed E-state index contributed by atoms with van der Waals surface area (Å²) in [6, 6.07) is 10.7. The zero-order chi connectivity index (χ0) is 24.1. The molecule has 2 N–H and O–H groups in total. The number of likely N-dealkylation sites (tertiary alicyclic amines) is 1. The average Bonchev–Trinajstić information content (AvgIpc) is 3.03. The van der Waals surface area contributed by atoms with E-state index in [9.17, 15) is 29.6 Å². The third kappa shape index (κ3) is 5.38. The molecule has 1 heterocycles. The van der Waals surface area contributed by atoms with Crippen LogP contribution in [0.25, 0.3) is 5.76 Å². The third-order valence-corrected chi connectivity index (χ3v) is 5.62. The van der Waals surface area contributed by atoms with Crippen molar-refractivity contribution in [3.63, 3.8) is 0 Å². The van der Waals surface area contributed by atoms with Crippen molar-refractivity contribution in [2.75, 3.05) is 6.54 Å². The smallest absolute Gasteiger partial charge is 0.303 e. The van der Waals surface area contributed by atoms with E-state index in [1.807, 2.05) is 0 Å². The number of amides is 1. The van der Waals surface area contributed by atoms with Gasteiger partial charge in [0, 0.05) is 35.7 Å². The number of aliphatic hydroxyl groups excluding tert-OH is 1.